The Balaban J connectivity index is 1.42. The standard InChI is InChI=1S/C28H28N10O4/c1-41-25-15-20(8-9-24(25)37-18-31-33-35-37)38(26(39)17-36-23-7-3-2-6-22(23)32-34-36)27(19-10-12-29-13-11-19)28(40)30-16-21-5-4-14-42-21/h2-3,6-13,15,18,21,27H,4-5,14,16-17H2,1H3,(H,30,40)/t21-,27-/m1/s1. The molecule has 14 nitrogen and oxygen atoms in total. The van der Waals surface area contributed by atoms with E-state index in [-0.39, 0.29) is 18.6 Å². The number of hydrogen-bond acceptors (Lipinski definition) is 10. The van der Waals surface area contributed by atoms with Crippen LogP contribution in [0.3, 0.4) is 0 Å². The number of carbonyl (C=O) groups excluding carboxylic acids is 2. The fraction of sp³-hybridized carbons (Fsp3) is 0.286. The molecule has 0 unspecified atom stereocenters. The molecule has 2 amide bonds. The zero-order valence-electron chi connectivity index (χ0n) is 22.8. The van der Waals surface area contributed by atoms with Crippen LogP contribution in [0.4, 0.5) is 5.69 Å². The summed E-state index contributed by atoms with van der Waals surface area (Å²) >= 11 is 0. The van der Waals surface area contributed by atoms with Gasteiger partial charge in [0.15, 0.2) is 0 Å². The number of para-hydroxylation sites is 1. The van der Waals surface area contributed by atoms with Gasteiger partial charge in [0.1, 0.15) is 35.9 Å². The Morgan fingerprint density at radius 2 is 2.00 bits per heavy atom. The van der Waals surface area contributed by atoms with Crippen molar-refractivity contribution in [2.45, 2.75) is 31.5 Å². The number of nitrogens with one attached hydrogen (secondary N) is 1. The number of hydrogen-bond donors (Lipinski definition) is 1. The van der Waals surface area contributed by atoms with Gasteiger partial charge in [0, 0.05) is 37.3 Å². The van der Waals surface area contributed by atoms with Crippen molar-refractivity contribution >= 4 is 28.5 Å². The molecular formula is C28H28N10O4. The molecule has 0 aliphatic carbocycles. The molecule has 14 heteroatoms. The summed E-state index contributed by atoms with van der Waals surface area (Å²) in [5.74, 6) is -0.356. The Labute approximate surface area is 240 Å². The lowest BCUT2D eigenvalue weighted by Crippen LogP contribution is -2.46. The van der Waals surface area contributed by atoms with Crippen molar-refractivity contribution in [1.82, 2.24) is 45.5 Å². The zero-order valence-corrected chi connectivity index (χ0v) is 22.8. The molecule has 0 radical (unpaired) electrons. The molecule has 1 N–H and O–H groups in total. The molecule has 1 aliphatic heterocycles. The molecule has 3 aromatic heterocycles. The van der Waals surface area contributed by atoms with Gasteiger partial charge < -0.3 is 14.8 Å². The van der Waals surface area contributed by atoms with E-state index in [1.165, 1.54) is 27.7 Å². The highest BCUT2D eigenvalue weighted by Gasteiger charge is 2.34. The van der Waals surface area contributed by atoms with Crippen molar-refractivity contribution < 1.29 is 19.1 Å². The Hall–Kier alpha value is -5.24. The largest absolute Gasteiger partial charge is 0.494 e. The van der Waals surface area contributed by atoms with E-state index in [0.717, 1.165) is 12.8 Å². The molecule has 1 saturated heterocycles. The molecule has 214 valence electrons. The number of methoxy groups -OCH3 is 1. The molecule has 1 fully saturated rings. The number of rotatable bonds is 10. The van der Waals surface area contributed by atoms with Gasteiger partial charge >= 0.3 is 0 Å². The third kappa shape index (κ3) is 5.51. The van der Waals surface area contributed by atoms with Crippen LogP contribution in [0.1, 0.15) is 24.4 Å². The molecule has 6 rings (SSSR count). The first kappa shape index (κ1) is 27.0. The summed E-state index contributed by atoms with van der Waals surface area (Å²) in [6, 6.07) is 14.9. The normalized spacial score (nSPS) is 15.4. The second-order valence-corrected chi connectivity index (χ2v) is 9.67. The van der Waals surface area contributed by atoms with Crippen molar-refractivity contribution in [3.05, 3.63) is 78.9 Å². The lowest BCUT2D eigenvalue weighted by molar-refractivity contribution is -0.127. The highest BCUT2D eigenvalue weighted by atomic mass is 16.5. The summed E-state index contributed by atoms with van der Waals surface area (Å²) in [6.45, 7) is 0.828. The molecule has 4 heterocycles. The maximum absolute atomic E-state index is 14.3. The number of benzene rings is 2. The number of nitrogens with zero attached hydrogens (tertiary/aromatic N) is 9. The quantitative estimate of drug-likeness (QED) is 0.264. The second kappa shape index (κ2) is 12.1. The van der Waals surface area contributed by atoms with Gasteiger partial charge in [0.25, 0.3) is 0 Å². The average Bonchev–Trinajstić information content (AvgIpc) is 3.82. The predicted octanol–water partition coefficient (Wildman–Crippen LogP) is 1.88. The van der Waals surface area contributed by atoms with Crippen LogP contribution in [-0.4, -0.2) is 78.4 Å². The predicted molar refractivity (Wildman–Crippen MR) is 150 cm³/mol. The summed E-state index contributed by atoms with van der Waals surface area (Å²) in [7, 11) is 1.51. The van der Waals surface area contributed by atoms with E-state index in [1.54, 1.807) is 42.7 Å². The minimum absolute atomic E-state index is 0.0756. The number of ether oxygens (including phenoxy) is 2. The molecule has 0 spiro atoms. The van der Waals surface area contributed by atoms with Crippen LogP contribution in [0, 0.1) is 0 Å². The smallest absolute Gasteiger partial charge is 0.249 e. The summed E-state index contributed by atoms with van der Waals surface area (Å²) in [4.78, 5) is 33.8. The van der Waals surface area contributed by atoms with Gasteiger partial charge in [-0.2, -0.15) is 4.68 Å². The number of pyridine rings is 1. The van der Waals surface area contributed by atoms with Crippen LogP contribution >= 0.6 is 0 Å². The first-order valence-corrected chi connectivity index (χ1v) is 13.4. The minimum atomic E-state index is -1.04. The number of amides is 2. The highest BCUT2D eigenvalue weighted by molar-refractivity contribution is 6.01. The van der Waals surface area contributed by atoms with Crippen LogP contribution in [0.15, 0.2) is 73.3 Å². The third-order valence-electron chi connectivity index (χ3n) is 7.07. The maximum Gasteiger partial charge on any atom is 0.249 e. The average molecular weight is 569 g/mol. The van der Waals surface area contributed by atoms with Crippen molar-refractivity contribution in [3.63, 3.8) is 0 Å². The number of tetrazole rings is 1. The van der Waals surface area contributed by atoms with Crippen LogP contribution in [0.5, 0.6) is 5.75 Å². The summed E-state index contributed by atoms with van der Waals surface area (Å²) in [5, 5.41) is 22.7. The van der Waals surface area contributed by atoms with Gasteiger partial charge in [0.2, 0.25) is 11.8 Å². The van der Waals surface area contributed by atoms with E-state index in [1.807, 2.05) is 24.3 Å². The molecule has 0 bridgehead atoms. The monoisotopic (exact) mass is 568 g/mol. The van der Waals surface area contributed by atoms with Crippen LogP contribution in [0.25, 0.3) is 16.7 Å². The molecule has 1 aliphatic rings. The SMILES string of the molecule is COc1cc(N(C(=O)Cn2nnc3ccccc32)[C@@H](C(=O)NC[C@H]2CCCO2)c2ccncc2)ccc1-n1cnnn1. The van der Waals surface area contributed by atoms with E-state index in [2.05, 4.69) is 36.1 Å². The number of carbonyl (C=O) groups is 2. The van der Waals surface area contributed by atoms with Crippen LogP contribution in [0.2, 0.25) is 0 Å². The van der Waals surface area contributed by atoms with E-state index >= 15 is 0 Å². The Morgan fingerprint density at radius 1 is 1.14 bits per heavy atom. The fourth-order valence-electron chi connectivity index (χ4n) is 5.03. The Bertz CT molecular complexity index is 1670. The molecule has 2 atom stereocenters. The van der Waals surface area contributed by atoms with Crippen molar-refractivity contribution in [3.8, 4) is 11.4 Å². The maximum atomic E-state index is 14.3. The minimum Gasteiger partial charge on any atom is -0.494 e. The van der Waals surface area contributed by atoms with Gasteiger partial charge in [-0.15, -0.1) is 10.2 Å². The second-order valence-electron chi connectivity index (χ2n) is 9.67. The van der Waals surface area contributed by atoms with Crippen LogP contribution in [-0.2, 0) is 20.9 Å². The van der Waals surface area contributed by atoms with E-state index in [0.29, 0.717) is 46.9 Å². The number of anilines is 1. The van der Waals surface area contributed by atoms with Crippen molar-refractivity contribution in [2.75, 3.05) is 25.2 Å². The molecule has 0 saturated carbocycles. The zero-order chi connectivity index (χ0) is 28.9. The summed E-state index contributed by atoms with van der Waals surface area (Å²) in [5.41, 5.74) is 2.91. The Kier molecular flexibility index (Phi) is 7.76. The molecule has 42 heavy (non-hydrogen) atoms. The topological polar surface area (TPSA) is 155 Å². The molecular weight excluding hydrogens is 540 g/mol. The lowest BCUT2D eigenvalue weighted by atomic mass is 10.0. The van der Waals surface area contributed by atoms with Gasteiger partial charge in [-0.05, 0) is 65.2 Å². The summed E-state index contributed by atoms with van der Waals surface area (Å²) in [6.07, 6.45) is 6.34. The van der Waals surface area contributed by atoms with Gasteiger partial charge in [-0.1, -0.05) is 17.3 Å². The van der Waals surface area contributed by atoms with E-state index in [4.69, 9.17) is 9.47 Å². The van der Waals surface area contributed by atoms with E-state index in [9.17, 15) is 9.59 Å². The van der Waals surface area contributed by atoms with Crippen LogP contribution < -0.4 is 15.0 Å². The van der Waals surface area contributed by atoms with Gasteiger partial charge in [0.05, 0.1) is 18.7 Å². The van der Waals surface area contributed by atoms with Crippen molar-refractivity contribution in [2.24, 2.45) is 0 Å². The molecule has 2 aromatic carbocycles. The van der Waals surface area contributed by atoms with Crippen molar-refractivity contribution in [1.29, 1.82) is 0 Å². The van der Waals surface area contributed by atoms with Gasteiger partial charge in [-0.25, -0.2) is 4.68 Å². The van der Waals surface area contributed by atoms with E-state index < -0.39 is 11.9 Å². The first-order valence-electron chi connectivity index (χ1n) is 13.4. The first-order chi connectivity index (χ1) is 20.6. The number of aromatic nitrogens is 8. The lowest BCUT2D eigenvalue weighted by Gasteiger charge is -2.32. The number of fused-ring (bicyclic) bond motifs is 1. The fourth-order valence-corrected chi connectivity index (χ4v) is 5.03. The Morgan fingerprint density at radius 3 is 2.76 bits per heavy atom. The highest BCUT2D eigenvalue weighted by Crippen LogP contribution is 2.34. The molecule has 5 aromatic rings. The van der Waals surface area contributed by atoms with Gasteiger partial charge in [-0.3, -0.25) is 19.5 Å². The third-order valence-corrected chi connectivity index (χ3v) is 7.07. The summed E-state index contributed by atoms with van der Waals surface area (Å²) < 4.78 is 14.3.